The van der Waals surface area contributed by atoms with Crippen LogP contribution in [-0.2, 0) is 16.0 Å². The first kappa shape index (κ1) is 13.6. The van der Waals surface area contributed by atoms with Crippen LogP contribution in [0.1, 0.15) is 42.6 Å². The topological polar surface area (TPSA) is 63.6 Å². The summed E-state index contributed by atoms with van der Waals surface area (Å²) >= 11 is 0. The SMILES string of the molecule is CCOC(=O)CC1(C)CCc2cc(O)ccc2C1=O. The summed E-state index contributed by atoms with van der Waals surface area (Å²) in [5.41, 5.74) is 0.762. The van der Waals surface area contributed by atoms with E-state index in [1.165, 1.54) is 6.07 Å². The van der Waals surface area contributed by atoms with Crippen LogP contribution >= 0.6 is 0 Å². The van der Waals surface area contributed by atoms with Gasteiger partial charge in [0.2, 0.25) is 0 Å². The normalized spacial score (nSPS) is 21.9. The number of hydrogen-bond acceptors (Lipinski definition) is 4. The fourth-order valence-electron chi connectivity index (χ4n) is 2.56. The van der Waals surface area contributed by atoms with Crippen LogP contribution in [0.3, 0.4) is 0 Å². The molecule has 1 unspecified atom stereocenters. The molecule has 1 aliphatic carbocycles. The van der Waals surface area contributed by atoms with Gasteiger partial charge in [0.25, 0.3) is 0 Å². The molecule has 4 nitrogen and oxygen atoms in total. The Kier molecular flexibility index (Phi) is 3.60. The Morgan fingerprint density at radius 2 is 2.21 bits per heavy atom. The Labute approximate surface area is 112 Å². The number of hydrogen-bond donors (Lipinski definition) is 1. The maximum Gasteiger partial charge on any atom is 0.306 e. The van der Waals surface area contributed by atoms with Gasteiger partial charge in [-0.25, -0.2) is 0 Å². The highest BCUT2D eigenvalue weighted by molar-refractivity contribution is 6.04. The van der Waals surface area contributed by atoms with Crippen molar-refractivity contribution in [3.8, 4) is 5.75 Å². The van der Waals surface area contributed by atoms with Gasteiger partial charge < -0.3 is 9.84 Å². The number of Topliss-reactive ketones (excluding diaryl/α,β-unsaturated/α-hetero) is 1. The van der Waals surface area contributed by atoms with Gasteiger partial charge in [-0.3, -0.25) is 9.59 Å². The van der Waals surface area contributed by atoms with Gasteiger partial charge in [0.05, 0.1) is 13.0 Å². The van der Waals surface area contributed by atoms with Crippen LogP contribution in [0, 0.1) is 5.41 Å². The van der Waals surface area contributed by atoms with Gasteiger partial charge in [-0.15, -0.1) is 0 Å². The number of phenolic OH excluding ortho intramolecular Hbond substituents is 1. The summed E-state index contributed by atoms with van der Waals surface area (Å²) in [4.78, 5) is 24.1. The van der Waals surface area contributed by atoms with Gasteiger partial charge in [-0.1, -0.05) is 6.92 Å². The number of esters is 1. The third-order valence-corrected chi connectivity index (χ3v) is 3.67. The molecule has 2 rings (SSSR count). The van der Waals surface area contributed by atoms with E-state index < -0.39 is 5.41 Å². The molecule has 0 fully saturated rings. The molecule has 1 atom stereocenters. The van der Waals surface area contributed by atoms with Gasteiger partial charge in [0.15, 0.2) is 5.78 Å². The summed E-state index contributed by atoms with van der Waals surface area (Å²) in [5.74, 6) is -0.206. The zero-order chi connectivity index (χ0) is 14.0. The number of aromatic hydroxyl groups is 1. The minimum absolute atomic E-state index is 0.0400. The minimum Gasteiger partial charge on any atom is -0.508 e. The number of ether oxygens (including phenoxy) is 1. The third kappa shape index (κ3) is 2.62. The van der Waals surface area contributed by atoms with E-state index in [1.54, 1.807) is 19.1 Å². The van der Waals surface area contributed by atoms with E-state index in [4.69, 9.17) is 4.74 Å². The Hall–Kier alpha value is -1.84. The Morgan fingerprint density at radius 1 is 1.47 bits per heavy atom. The van der Waals surface area contributed by atoms with Gasteiger partial charge in [0, 0.05) is 11.0 Å². The molecule has 0 aliphatic heterocycles. The predicted molar refractivity (Wildman–Crippen MR) is 70.1 cm³/mol. The Morgan fingerprint density at radius 3 is 2.89 bits per heavy atom. The number of carbonyl (C=O) groups excluding carboxylic acids is 2. The number of phenols is 1. The number of aryl methyl sites for hydroxylation is 1. The van der Waals surface area contributed by atoms with Crippen molar-refractivity contribution in [3.63, 3.8) is 0 Å². The Balaban J connectivity index is 2.25. The van der Waals surface area contributed by atoms with Crippen LogP contribution in [0.2, 0.25) is 0 Å². The molecular formula is C15H18O4. The van der Waals surface area contributed by atoms with Crippen molar-refractivity contribution in [2.75, 3.05) is 6.61 Å². The molecule has 1 aromatic carbocycles. The molecule has 19 heavy (non-hydrogen) atoms. The molecule has 102 valence electrons. The molecular weight excluding hydrogens is 244 g/mol. The van der Waals surface area contributed by atoms with Crippen molar-refractivity contribution in [1.29, 1.82) is 0 Å². The monoisotopic (exact) mass is 262 g/mol. The summed E-state index contributed by atoms with van der Waals surface area (Å²) in [6, 6.07) is 4.76. The van der Waals surface area contributed by atoms with Gasteiger partial charge in [-0.2, -0.15) is 0 Å². The first-order valence-electron chi connectivity index (χ1n) is 6.48. The number of fused-ring (bicyclic) bond motifs is 1. The maximum atomic E-state index is 12.5. The van der Waals surface area contributed by atoms with Crippen LogP contribution in [0.4, 0.5) is 0 Å². The lowest BCUT2D eigenvalue weighted by molar-refractivity contribution is -0.145. The van der Waals surface area contributed by atoms with E-state index in [2.05, 4.69) is 0 Å². The second-order valence-corrected chi connectivity index (χ2v) is 5.21. The molecule has 0 spiro atoms. The highest BCUT2D eigenvalue weighted by Gasteiger charge is 2.40. The highest BCUT2D eigenvalue weighted by atomic mass is 16.5. The van der Waals surface area contributed by atoms with E-state index in [1.807, 2.05) is 6.92 Å². The largest absolute Gasteiger partial charge is 0.508 e. The zero-order valence-corrected chi connectivity index (χ0v) is 11.2. The average Bonchev–Trinajstić information content (AvgIpc) is 2.35. The first-order chi connectivity index (χ1) is 8.96. The summed E-state index contributed by atoms with van der Waals surface area (Å²) in [7, 11) is 0. The summed E-state index contributed by atoms with van der Waals surface area (Å²) < 4.78 is 4.93. The molecule has 1 aromatic rings. The van der Waals surface area contributed by atoms with Gasteiger partial charge in [-0.05, 0) is 43.5 Å². The smallest absolute Gasteiger partial charge is 0.306 e. The van der Waals surface area contributed by atoms with Gasteiger partial charge in [0.1, 0.15) is 5.75 Å². The van der Waals surface area contributed by atoms with Crippen LogP contribution in [0.5, 0.6) is 5.75 Å². The lowest BCUT2D eigenvalue weighted by Crippen LogP contribution is -2.35. The van der Waals surface area contributed by atoms with E-state index in [0.29, 0.717) is 25.0 Å². The molecule has 0 amide bonds. The predicted octanol–water partition coefficient (Wildman–Crippen LogP) is 2.48. The second-order valence-electron chi connectivity index (χ2n) is 5.21. The molecule has 1 N–H and O–H groups in total. The van der Waals surface area contributed by atoms with Crippen LogP contribution < -0.4 is 0 Å². The van der Waals surface area contributed by atoms with E-state index in [9.17, 15) is 14.7 Å². The lowest BCUT2D eigenvalue weighted by atomic mass is 9.70. The molecule has 0 aromatic heterocycles. The van der Waals surface area contributed by atoms with Crippen molar-refractivity contribution >= 4 is 11.8 Å². The molecule has 0 radical (unpaired) electrons. The van der Waals surface area contributed by atoms with E-state index >= 15 is 0 Å². The molecule has 0 saturated carbocycles. The molecule has 0 bridgehead atoms. The van der Waals surface area contributed by atoms with E-state index in [-0.39, 0.29) is 23.9 Å². The summed E-state index contributed by atoms with van der Waals surface area (Å²) in [6.07, 6.45) is 1.40. The second kappa shape index (κ2) is 5.03. The first-order valence-corrected chi connectivity index (χ1v) is 6.48. The van der Waals surface area contributed by atoms with E-state index in [0.717, 1.165) is 5.56 Å². The van der Waals surface area contributed by atoms with Crippen LogP contribution in [0.25, 0.3) is 0 Å². The zero-order valence-electron chi connectivity index (χ0n) is 11.2. The average molecular weight is 262 g/mol. The molecule has 0 saturated heterocycles. The summed E-state index contributed by atoms with van der Waals surface area (Å²) in [5, 5.41) is 9.43. The number of carbonyl (C=O) groups is 2. The van der Waals surface area contributed by atoms with Crippen molar-refractivity contribution in [3.05, 3.63) is 29.3 Å². The number of benzene rings is 1. The van der Waals surface area contributed by atoms with Crippen LogP contribution in [-0.4, -0.2) is 23.5 Å². The fraction of sp³-hybridized carbons (Fsp3) is 0.467. The molecule has 1 aliphatic rings. The third-order valence-electron chi connectivity index (χ3n) is 3.67. The Bertz CT molecular complexity index is 521. The van der Waals surface area contributed by atoms with Crippen molar-refractivity contribution in [1.82, 2.24) is 0 Å². The van der Waals surface area contributed by atoms with Crippen molar-refractivity contribution in [2.24, 2.45) is 5.41 Å². The lowest BCUT2D eigenvalue weighted by Gasteiger charge is -2.32. The standard InChI is InChI=1S/C15H18O4/c1-3-19-13(17)9-15(2)7-6-10-8-11(16)4-5-12(10)14(15)18/h4-5,8,16H,3,6-7,9H2,1-2H3. The van der Waals surface area contributed by atoms with Crippen LogP contribution in [0.15, 0.2) is 18.2 Å². The molecule has 4 heteroatoms. The van der Waals surface area contributed by atoms with Crippen molar-refractivity contribution < 1.29 is 19.4 Å². The number of rotatable bonds is 3. The highest BCUT2D eigenvalue weighted by Crippen LogP contribution is 2.39. The quantitative estimate of drug-likeness (QED) is 0.850. The molecule has 0 heterocycles. The fourth-order valence-corrected chi connectivity index (χ4v) is 2.56. The minimum atomic E-state index is -0.698. The van der Waals surface area contributed by atoms with Gasteiger partial charge >= 0.3 is 5.97 Å². The summed E-state index contributed by atoms with van der Waals surface area (Å²) in [6.45, 7) is 3.89. The van der Waals surface area contributed by atoms with Crippen molar-refractivity contribution in [2.45, 2.75) is 33.1 Å². The number of ketones is 1. The maximum absolute atomic E-state index is 12.5.